The summed E-state index contributed by atoms with van der Waals surface area (Å²) in [6.07, 6.45) is 2.30. The minimum absolute atomic E-state index is 0.0625. The Hall–Kier alpha value is -0.220. The number of hydrogen-bond donors (Lipinski definition) is 0. The molecule has 14 heavy (non-hydrogen) atoms. The molecule has 0 aromatic carbocycles. The third-order valence-corrected chi connectivity index (χ3v) is 3.34. The SMILES string of the molecule is CSC(C)C(=O)N1CC(C)OC(C)C1. The number of ether oxygens (including phenoxy) is 1. The van der Waals surface area contributed by atoms with Crippen molar-refractivity contribution in [2.45, 2.75) is 38.2 Å². The molecule has 0 saturated carbocycles. The Kier molecular flexibility index (Phi) is 4.26. The van der Waals surface area contributed by atoms with Crippen LogP contribution in [0.1, 0.15) is 20.8 Å². The van der Waals surface area contributed by atoms with E-state index in [0.717, 1.165) is 13.1 Å². The second-order valence-electron chi connectivity index (χ2n) is 3.88. The van der Waals surface area contributed by atoms with Gasteiger partial charge in [-0.25, -0.2) is 0 Å². The molecule has 0 N–H and O–H groups in total. The van der Waals surface area contributed by atoms with E-state index in [0.29, 0.717) is 0 Å². The van der Waals surface area contributed by atoms with Crippen molar-refractivity contribution in [1.82, 2.24) is 4.90 Å². The van der Waals surface area contributed by atoms with Gasteiger partial charge in [-0.3, -0.25) is 4.79 Å². The number of amides is 1. The number of morpholine rings is 1. The normalized spacial score (nSPS) is 30.1. The van der Waals surface area contributed by atoms with Gasteiger partial charge in [0.05, 0.1) is 17.5 Å². The molecule has 0 radical (unpaired) electrons. The summed E-state index contributed by atoms with van der Waals surface area (Å²) in [5.41, 5.74) is 0. The molecule has 3 atom stereocenters. The van der Waals surface area contributed by atoms with Gasteiger partial charge in [-0.1, -0.05) is 0 Å². The van der Waals surface area contributed by atoms with Crippen LogP contribution in [0.15, 0.2) is 0 Å². The van der Waals surface area contributed by atoms with Gasteiger partial charge in [-0.05, 0) is 27.0 Å². The summed E-state index contributed by atoms with van der Waals surface area (Å²) in [5.74, 6) is 0.236. The minimum Gasteiger partial charge on any atom is -0.372 e. The Morgan fingerprint density at radius 3 is 2.36 bits per heavy atom. The lowest BCUT2D eigenvalue weighted by Gasteiger charge is -2.36. The highest BCUT2D eigenvalue weighted by molar-refractivity contribution is 7.99. The van der Waals surface area contributed by atoms with E-state index in [1.54, 1.807) is 11.8 Å². The quantitative estimate of drug-likeness (QED) is 0.700. The van der Waals surface area contributed by atoms with E-state index >= 15 is 0 Å². The van der Waals surface area contributed by atoms with Crippen molar-refractivity contribution >= 4 is 17.7 Å². The number of carbonyl (C=O) groups excluding carboxylic acids is 1. The molecule has 0 aliphatic carbocycles. The van der Waals surface area contributed by atoms with Gasteiger partial charge < -0.3 is 9.64 Å². The van der Waals surface area contributed by atoms with Gasteiger partial charge in [0.15, 0.2) is 0 Å². The van der Waals surface area contributed by atoms with Crippen LogP contribution in [0.5, 0.6) is 0 Å². The van der Waals surface area contributed by atoms with Crippen LogP contribution in [0, 0.1) is 0 Å². The molecule has 0 aromatic rings. The highest BCUT2D eigenvalue weighted by Crippen LogP contribution is 2.15. The molecule has 3 unspecified atom stereocenters. The van der Waals surface area contributed by atoms with E-state index in [9.17, 15) is 4.79 Å². The van der Waals surface area contributed by atoms with E-state index in [2.05, 4.69) is 0 Å². The fourth-order valence-electron chi connectivity index (χ4n) is 1.72. The van der Waals surface area contributed by atoms with Crippen molar-refractivity contribution in [1.29, 1.82) is 0 Å². The number of rotatable bonds is 2. The Bertz CT molecular complexity index is 200. The van der Waals surface area contributed by atoms with Crippen molar-refractivity contribution in [2.24, 2.45) is 0 Å². The van der Waals surface area contributed by atoms with Gasteiger partial charge in [0, 0.05) is 13.1 Å². The topological polar surface area (TPSA) is 29.5 Å². The van der Waals surface area contributed by atoms with Crippen LogP contribution in [0.25, 0.3) is 0 Å². The molecule has 1 aliphatic heterocycles. The summed E-state index contributed by atoms with van der Waals surface area (Å²) in [6.45, 7) is 7.44. The van der Waals surface area contributed by atoms with Crippen LogP contribution in [0.4, 0.5) is 0 Å². The lowest BCUT2D eigenvalue weighted by molar-refractivity contribution is -0.142. The molecule has 1 heterocycles. The first-order valence-corrected chi connectivity index (χ1v) is 6.30. The molecule has 1 rings (SSSR count). The second-order valence-corrected chi connectivity index (χ2v) is 5.06. The molecule has 4 heteroatoms. The average molecular weight is 217 g/mol. The van der Waals surface area contributed by atoms with E-state index < -0.39 is 0 Å². The fourth-order valence-corrected chi connectivity index (χ4v) is 2.07. The second kappa shape index (κ2) is 5.03. The van der Waals surface area contributed by atoms with Gasteiger partial charge >= 0.3 is 0 Å². The minimum atomic E-state index is 0.0625. The molecule has 3 nitrogen and oxygen atoms in total. The standard InChI is InChI=1S/C10H19NO2S/c1-7-5-11(6-8(2)13-7)10(12)9(3)14-4/h7-9H,5-6H2,1-4H3. The first kappa shape index (κ1) is 11.9. The molecule has 1 amide bonds. The van der Waals surface area contributed by atoms with E-state index in [-0.39, 0.29) is 23.4 Å². The monoisotopic (exact) mass is 217 g/mol. The van der Waals surface area contributed by atoms with Crippen LogP contribution < -0.4 is 0 Å². The smallest absolute Gasteiger partial charge is 0.235 e. The van der Waals surface area contributed by atoms with Crippen LogP contribution >= 0.6 is 11.8 Å². The first-order valence-electron chi connectivity index (χ1n) is 5.01. The maximum absolute atomic E-state index is 11.9. The Morgan fingerprint density at radius 2 is 1.93 bits per heavy atom. The summed E-state index contributed by atoms with van der Waals surface area (Å²) < 4.78 is 5.58. The third-order valence-electron chi connectivity index (χ3n) is 2.43. The average Bonchev–Trinajstić information content (AvgIpc) is 2.14. The van der Waals surface area contributed by atoms with Crippen molar-refractivity contribution in [3.05, 3.63) is 0 Å². The molecule has 1 fully saturated rings. The Morgan fingerprint density at radius 1 is 1.43 bits per heavy atom. The van der Waals surface area contributed by atoms with Crippen LogP contribution in [0.3, 0.4) is 0 Å². The Labute approximate surface area is 90.2 Å². The van der Waals surface area contributed by atoms with E-state index in [1.165, 1.54) is 0 Å². The van der Waals surface area contributed by atoms with Crippen molar-refractivity contribution < 1.29 is 9.53 Å². The zero-order valence-corrected chi connectivity index (χ0v) is 10.1. The lowest BCUT2D eigenvalue weighted by atomic mass is 10.2. The largest absolute Gasteiger partial charge is 0.372 e. The highest BCUT2D eigenvalue weighted by atomic mass is 32.2. The highest BCUT2D eigenvalue weighted by Gasteiger charge is 2.28. The number of thioether (sulfide) groups is 1. The predicted octanol–water partition coefficient (Wildman–Crippen LogP) is 1.37. The van der Waals surface area contributed by atoms with E-state index in [1.807, 2.05) is 31.9 Å². The van der Waals surface area contributed by atoms with Crippen LogP contribution in [-0.2, 0) is 9.53 Å². The molecule has 82 valence electrons. The first-order chi connectivity index (χ1) is 6.54. The lowest BCUT2D eigenvalue weighted by Crippen LogP contribution is -2.50. The Balaban J connectivity index is 2.54. The van der Waals surface area contributed by atoms with Gasteiger partial charge in [-0.2, -0.15) is 11.8 Å². The molecule has 1 aliphatic rings. The van der Waals surface area contributed by atoms with Gasteiger partial charge in [0.25, 0.3) is 0 Å². The molecule has 0 spiro atoms. The summed E-state index contributed by atoms with van der Waals surface area (Å²) in [4.78, 5) is 13.8. The van der Waals surface area contributed by atoms with E-state index in [4.69, 9.17) is 4.74 Å². The maximum Gasteiger partial charge on any atom is 0.235 e. The molecule has 0 bridgehead atoms. The van der Waals surface area contributed by atoms with Crippen molar-refractivity contribution in [2.75, 3.05) is 19.3 Å². The third kappa shape index (κ3) is 2.89. The summed E-state index contributed by atoms with van der Waals surface area (Å²) >= 11 is 1.60. The van der Waals surface area contributed by atoms with Crippen LogP contribution in [-0.4, -0.2) is 47.6 Å². The molecular formula is C10H19NO2S. The molecule has 0 aromatic heterocycles. The van der Waals surface area contributed by atoms with Crippen molar-refractivity contribution in [3.63, 3.8) is 0 Å². The fraction of sp³-hybridized carbons (Fsp3) is 0.900. The number of nitrogens with zero attached hydrogens (tertiary/aromatic N) is 1. The summed E-state index contributed by atoms with van der Waals surface area (Å²) in [5, 5.41) is 0.0625. The van der Waals surface area contributed by atoms with Gasteiger partial charge in [0.1, 0.15) is 0 Å². The van der Waals surface area contributed by atoms with Crippen molar-refractivity contribution in [3.8, 4) is 0 Å². The molecular weight excluding hydrogens is 198 g/mol. The predicted molar refractivity (Wildman–Crippen MR) is 59.6 cm³/mol. The molecule has 1 saturated heterocycles. The number of carbonyl (C=O) groups is 1. The van der Waals surface area contributed by atoms with Gasteiger partial charge in [0.2, 0.25) is 5.91 Å². The zero-order chi connectivity index (χ0) is 10.7. The maximum atomic E-state index is 11.9. The summed E-state index contributed by atoms with van der Waals surface area (Å²) in [6, 6.07) is 0. The van der Waals surface area contributed by atoms with Gasteiger partial charge in [-0.15, -0.1) is 0 Å². The zero-order valence-electron chi connectivity index (χ0n) is 9.32. The summed E-state index contributed by atoms with van der Waals surface area (Å²) in [7, 11) is 0. The van der Waals surface area contributed by atoms with Crippen LogP contribution in [0.2, 0.25) is 0 Å². The number of hydrogen-bond acceptors (Lipinski definition) is 3.